The predicted molar refractivity (Wildman–Crippen MR) is 172 cm³/mol. The molecule has 1 amide bonds. The highest BCUT2D eigenvalue weighted by Gasteiger charge is 2.39. The van der Waals surface area contributed by atoms with Gasteiger partial charge in [0.1, 0.15) is 6.61 Å². The van der Waals surface area contributed by atoms with Crippen LogP contribution < -0.4 is 11.0 Å². The maximum absolute atomic E-state index is 12.8. The van der Waals surface area contributed by atoms with Crippen LogP contribution in [0, 0.1) is 5.92 Å². The van der Waals surface area contributed by atoms with E-state index in [-0.39, 0.29) is 43.1 Å². The van der Waals surface area contributed by atoms with E-state index in [9.17, 15) is 14.7 Å². The Balaban J connectivity index is 1.19. The molecule has 0 spiro atoms. The minimum Gasteiger partial charge on any atom is -0.445 e. The highest BCUT2D eigenvalue weighted by molar-refractivity contribution is 5.84. The number of likely N-dealkylation sites (tertiary alicyclic amines) is 1. The predicted octanol–water partition coefficient (Wildman–Crippen LogP) is 5.68. The molecule has 0 bridgehead atoms. The molecule has 2 fully saturated rings. The third-order valence-corrected chi connectivity index (χ3v) is 8.85. The minimum absolute atomic E-state index is 0.0224. The number of aromatic amines is 1. The second kappa shape index (κ2) is 13.8. The van der Waals surface area contributed by atoms with Crippen LogP contribution in [0.1, 0.15) is 54.9 Å². The number of nitrogens with zero attached hydrogens (tertiary/aromatic N) is 2. The van der Waals surface area contributed by atoms with Gasteiger partial charge in [0, 0.05) is 42.8 Å². The molecule has 4 atom stereocenters. The van der Waals surface area contributed by atoms with Crippen molar-refractivity contribution in [2.24, 2.45) is 5.92 Å². The lowest BCUT2D eigenvalue weighted by Gasteiger charge is -2.44. The number of aliphatic hydroxyl groups excluding tert-OH is 1. The summed E-state index contributed by atoms with van der Waals surface area (Å²) < 4.78 is 20.3. The van der Waals surface area contributed by atoms with E-state index < -0.39 is 12.4 Å². The third-order valence-electron chi connectivity index (χ3n) is 8.85. The molecule has 3 aromatic carbocycles. The number of carbonyl (C=O) groups excluding carboxylic acids is 1. The van der Waals surface area contributed by atoms with Crippen molar-refractivity contribution in [3.63, 3.8) is 0 Å². The van der Waals surface area contributed by atoms with Crippen molar-refractivity contribution >= 4 is 22.8 Å². The summed E-state index contributed by atoms with van der Waals surface area (Å²) in [5.74, 6) is 0.0328. The third kappa shape index (κ3) is 6.89. The van der Waals surface area contributed by atoms with Gasteiger partial charge >= 0.3 is 11.8 Å². The summed E-state index contributed by atoms with van der Waals surface area (Å²) in [6.45, 7) is 8.22. The molecule has 3 heterocycles. The zero-order valence-electron chi connectivity index (χ0n) is 25.4. The van der Waals surface area contributed by atoms with Crippen molar-refractivity contribution in [1.29, 1.82) is 0 Å². The zero-order valence-corrected chi connectivity index (χ0v) is 25.4. The van der Waals surface area contributed by atoms with Crippen molar-refractivity contribution in [3.05, 3.63) is 113 Å². The number of H-pyrrole nitrogens is 1. The molecular formula is C35H40N4O6. The fraction of sp³-hybridized carbons (Fsp3) is 0.371. The monoisotopic (exact) mass is 612 g/mol. The summed E-state index contributed by atoms with van der Waals surface area (Å²) in [7, 11) is 0. The van der Waals surface area contributed by atoms with Gasteiger partial charge in [0.25, 0.3) is 0 Å². The van der Waals surface area contributed by atoms with E-state index >= 15 is 0 Å². The SMILES string of the molecule is C=CCOC(=O)Nc1cccc([C@H]2O[C@@H](CN3CCC(n4c(=O)[nH]c5ccccc54)CC3)[C@@H](C)[C@@H](c3ccc(CO)cc3)O2)c1. The largest absolute Gasteiger partial charge is 0.445 e. The van der Waals surface area contributed by atoms with E-state index in [0.717, 1.165) is 53.7 Å². The summed E-state index contributed by atoms with van der Waals surface area (Å²) >= 11 is 0. The van der Waals surface area contributed by atoms with Gasteiger partial charge in [-0.05, 0) is 48.2 Å². The lowest BCUT2D eigenvalue weighted by Crippen LogP contribution is -2.47. The molecule has 4 aromatic rings. The minimum atomic E-state index is -0.665. The number of rotatable bonds is 9. The van der Waals surface area contributed by atoms with Gasteiger partial charge in [0.2, 0.25) is 0 Å². The molecule has 0 radical (unpaired) electrons. The van der Waals surface area contributed by atoms with Crippen LogP contribution in [-0.4, -0.2) is 58.0 Å². The number of anilines is 1. The van der Waals surface area contributed by atoms with Crippen molar-refractivity contribution in [1.82, 2.24) is 14.5 Å². The van der Waals surface area contributed by atoms with E-state index in [1.54, 1.807) is 6.07 Å². The Hall–Kier alpha value is -4.22. The van der Waals surface area contributed by atoms with Gasteiger partial charge in [-0.1, -0.05) is 68.1 Å². The van der Waals surface area contributed by atoms with E-state index in [2.05, 4.69) is 28.7 Å². The Morgan fingerprint density at radius 3 is 2.60 bits per heavy atom. The number of carbonyl (C=O) groups is 1. The Morgan fingerprint density at radius 2 is 1.84 bits per heavy atom. The number of piperidine rings is 1. The number of aromatic nitrogens is 2. The molecule has 0 aliphatic carbocycles. The molecular weight excluding hydrogens is 572 g/mol. The van der Waals surface area contributed by atoms with Crippen LogP contribution in [0.25, 0.3) is 11.0 Å². The molecule has 45 heavy (non-hydrogen) atoms. The molecule has 236 valence electrons. The number of fused-ring (bicyclic) bond motifs is 1. The Morgan fingerprint density at radius 1 is 1.07 bits per heavy atom. The van der Waals surface area contributed by atoms with Gasteiger partial charge < -0.3 is 29.2 Å². The first-order chi connectivity index (χ1) is 21.9. The molecule has 10 nitrogen and oxygen atoms in total. The Kier molecular flexibility index (Phi) is 9.46. The quantitative estimate of drug-likeness (QED) is 0.208. The maximum Gasteiger partial charge on any atom is 0.411 e. The van der Waals surface area contributed by atoms with E-state index in [0.29, 0.717) is 12.2 Å². The average molecular weight is 613 g/mol. The lowest BCUT2D eigenvalue weighted by atomic mass is 9.89. The summed E-state index contributed by atoms with van der Waals surface area (Å²) in [4.78, 5) is 30.4. The number of imidazole rings is 1. The van der Waals surface area contributed by atoms with Gasteiger partial charge in [-0.3, -0.25) is 9.88 Å². The average Bonchev–Trinajstić information content (AvgIpc) is 3.41. The van der Waals surface area contributed by atoms with E-state index in [1.165, 1.54) is 6.08 Å². The number of para-hydroxylation sites is 2. The number of aliphatic hydroxyl groups is 1. The van der Waals surface area contributed by atoms with E-state index in [1.807, 2.05) is 71.3 Å². The summed E-state index contributed by atoms with van der Waals surface area (Å²) in [6.07, 6.45) is 1.62. The first kappa shape index (κ1) is 30.8. The van der Waals surface area contributed by atoms with Crippen LogP contribution in [0.5, 0.6) is 0 Å². The van der Waals surface area contributed by atoms with Gasteiger partial charge in [0.15, 0.2) is 6.29 Å². The number of nitrogens with one attached hydrogen (secondary N) is 2. The Labute approximate surface area is 262 Å². The first-order valence-corrected chi connectivity index (χ1v) is 15.5. The maximum atomic E-state index is 12.8. The van der Waals surface area contributed by atoms with Crippen LogP contribution in [0.15, 0.2) is 90.2 Å². The van der Waals surface area contributed by atoms with Gasteiger partial charge in [-0.15, -0.1) is 0 Å². The topological polar surface area (TPSA) is 118 Å². The van der Waals surface area contributed by atoms with Crippen LogP contribution in [0.4, 0.5) is 10.5 Å². The normalized spacial score (nSPS) is 22.7. The number of ether oxygens (including phenoxy) is 3. The molecule has 6 rings (SSSR count). The molecule has 3 N–H and O–H groups in total. The van der Waals surface area contributed by atoms with Crippen molar-refractivity contribution < 1.29 is 24.1 Å². The molecule has 10 heteroatoms. The zero-order chi connectivity index (χ0) is 31.3. The van der Waals surface area contributed by atoms with Crippen molar-refractivity contribution in [3.8, 4) is 0 Å². The standard InChI is InChI=1S/C35H40N4O6/c1-3-19-43-35(42)36-27-8-6-7-26(20-27)33-44-31(23(2)32(45-33)25-13-11-24(22-40)12-14-25)21-38-17-15-28(16-18-38)39-30-10-5-4-9-29(30)37-34(39)41/h3-14,20,23,28,31-33,40H,1,15-19,21-22H2,2H3,(H,36,42)(H,37,41)/t23-,31+,32+,33+/m1/s1. The number of amides is 1. The van der Waals surface area contributed by atoms with Crippen LogP contribution >= 0.6 is 0 Å². The molecule has 0 unspecified atom stereocenters. The van der Waals surface area contributed by atoms with Gasteiger partial charge in [-0.2, -0.15) is 0 Å². The lowest BCUT2D eigenvalue weighted by molar-refractivity contribution is -0.276. The van der Waals surface area contributed by atoms with E-state index in [4.69, 9.17) is 14.2 Å². The van der Waals surface area contributed by atoms with Crippen molar-refractivity contribution in [2.75, 3.05) is 31.6 Å². The Bertz CT molecular complexity index is 1670. The van der Waals surface area contributed by atoms with Gasteiger partial charge in [0.05, 0.1) is 29.8 Å². The number of benzene rings is 3. The smallest absolute Gasteiger partial charge is 0.411 e. The molecule has 2 saturated heterocycles. The summed E-state index contributed by atoms with van der Waals surface area (Å²) in [5, 5.41) is 12.3. The molecule has 2 aliphatic rings. The molecule has 0 saturated carbocycles. The van der Waals surface area contributed by atoms with Crippen LogP contribution in [0.2, 0.25) is 0 Å². The highest BCUT2D eigenvalue weighted by Crippen LogP contribution is 2.42. The van der Waals surface area contributed by atoms with Gasteiger partial charge in [-0.25, -0.2) is 9.59 Å². The fourth-order valence-corrected chi connectivity index (χ4v) is 6.43. The second-order valence-corrected chi connectivity index (χ2v) is 11.8. The summed E-state index contributed by atoms with van der Waals surface area (Å²) in [5.41, 5.74) is 4.96. The van der Waals surface area contributed by atoms with Crippen LogP contribution in [0.3, 0.4) is 0 Å². The fourth-order valence-electron chi connectivity index (χ4n) is 6.43. The molecule has 2 aliphatic heterocycles. The molecule has 1 aromatic heterocycles. The van der Waals surface area contributed by atoms with Crippen LogP contribution in [-0.2, 0) is 20.8 Å². The second-order valence-electron chi connectivity index (χ2n) is 11.8. The van der Waals surface area contributed by atoms with Crippen molar-refractivity contribution in [2.45, 2.75) is 50.9 Å². The summed E-state index contributed by atoms with van der Waals surface area (Å²) in [6, 6.07) is 23.2. The number of hydrogen-bond acceptors (Lipinski definition) is 7. The first-order valence-electron chi connectivity index (χ1n) is 15.5. The number of hydrogen-bond donors (Lipinski definition) is 3. The highest BCUT2D eigenvalue weighted by atomic mass is 16.7.